The molecule has 2 atom stereocenters. The molecule has 0 aromatic heterocycles. The summed E-state index contributed by atoms with van der Waals surface area (Å²) in [4.78, 5) is 0. The lowest BCUT2D eigenvalue weighted by Gasteiger charge is -2.43. The van der Waals surface area contributed by atoms with E-state index in [0.717, 1.165) is 5.56 Å². The molecule has 2 N–H and O–H groups in total. The number of para-hydroxylation sites is 1. The van der Waals surface area contributed by atoms with Crippen LogP contribution in [0.15, 0.2) is 71.5 Å². The van der Waals surface area contributed by atoms with E-state index in [-0.39, 0.29) is 24.5 Å². The van der Waals surface area contributed by atoms with Crippen molar-refractivity contribution < 1.29 is 9.47 Å². The Hall–Kier alpha value is -3.76. The number of nitrogens with two attached hydrogens (primary N) is 1. The first kappa shape index (κ1) is 21.5. The van der Waals surface area contributed by atoms with E-state index in [1.807, 2.05) is 36.4 Å². The minimum Gasteiger partial charge on any atom is -0.489 e. The number of nitriles is 3. The van der Waals surface area contributed by atoms with Crippen molar-refractivity contribution in [3.05, 3.63) is 87.6 Å². The average molecular weight is 443 g/mol. The van der Waals surface area contributed by atoms with Crippen LogP contribution in [0.2, 0.25) is 5.02 Å². The SMILES string of the molecule is N#CC1=C(N)C(C#N)(C#N)[C@H](c2ccccc2OCc2ccccc2Cl)[C@H]2COCC=C12. The number of allylic oxidation sites excluding steroid dienone is 2. The predicted octanol–water partition coefficient (Wildman–Crippen LogP) is 4.36. The highest BCUT2D eigenvalue weighted by molar-refractivity contribution is 6.31. The molecule has 1 heterocycles. The largest absolute Gasteiger partial charge is 0.489 e. The van der Waals surface area contributed by atoms with Gasteiger partial charge in [0.15, 0.2) is 5.41 Å². The first-order chi connectivity index (χ1) is 15.6. The van der Waals surface area contributed by atoms with Gasteiger partial charge in [-0.1, -0.05) is 54.1 Å². The van der Waals surface area contributed by atoms with E-state index in [1.54, 1.807) is 18.2 Å². The third-order valence-corrected chi connectivity index (χ3v) is 6.40. The maximum Gasteiger partial charge on any atom is 0.191 e. The second-order valence-electron chi connectivity index (χ2n) is 7.63. The van der Waals surface area contributed by atoms with Crippen LogP contribution < -0.4 is 10.5 Å². The van der Waals surface area contributed by atoms with Gasteiger partial charge in [-0.05, 0) is 17.7 Å². The van der Waals surface area contributed by atoms with E-state index >= 15 is 0 Å². The zero-order valence-electron chi connectivity index (χ0n) is 17.1. The smallest absolute Gasteiger partial charge is 0.191 e. The molecule has 0 spiro atoms. The topological polar surface area (TPSA) is 116 Å². The Morgan fingerprint density at radius 2 is 1.81 bits per heavy atom. The molecule has 0 radical (unpaired) electrons. The summed E-state index contributed by atoms with van der Waals surface area (Å²) in [6.07, 6.45) is 1.80. The van der Waals surface area contributed by atoms with Gasteiger partial charge in [0.25, 0.3) is 0 Å². The molecule has 0 saturated heterocycles. The van der Waals surface area contributed by atoms with Crippen LogP contribution in [-0.2, 0) is 11.3 Å². The van der Waals surface area contributed by atoms with Crippen molar-refractivity contribution in [2.45, 2.75) is 12.5 Å². The maximum atomic E-state index is 10.2. The molecule has 6 nitrogen and oxygen atoms in total. The number of halogens is 1. The van der Waals surface area contributed by atoms with Crippen LogP contribution in [0.4, 0.5) is 0 Å². The highest BCUT2D eigenvalue weighted by atomic mass is 35.5. The lowest BCUT2D eigenvalue weighted by Crippen LogP contribution is -2.44. The quantitative estimate of drug-likeness (QED) is 0.751. The molecule has 0 fully saturated rings. The van der Waals surface area contributed by atoms with Crippen molar-refractivity contribution in [1.29, 1.82) is 15.8 Å². The molecule has 2 aliphatic rings. The summed E-state index contributed by atoms with van der Waals surface area (Å²) in [5.41, 5.74) is 6.93. The third kappa shape index (κ3) is 3.39. The van der Waals surface area contributed by atoms with Crippen molar-refractivity contribution in [2.75, 3.05) is 13.2 Å². The molecule has 0 unspecified atom stereocenters. The van der Waals surface area contributed by atoms with Crippen molar-refractivity contribution in [2.24, 2.45) is 17.1 Å². The molecule has 0 bridgehead atoms. The van der Waals surface area contributed by atoms with Crippen molar-refractivity contribution >= 4 is 11.6 Å². The average Bonchev–Trinajstić information content (AvgIpc) is 2.83. The fourth-order valence-electron chi connectivity index (χ4n) is 4.47. The van der Waals surface area contributed by atoms with Gasteiger partial charge in [0.2, 0.25) is 0 Å². The molecule has 0 amide bonds. The number of nitrogens with zero attached hydrogens (tertiary/aromatic N) is 3. The molecule has 7 heteroatoms. The van der Waals surface area contributed by atoms with E-state index in [2.05, 4.69) is 18.2 Å². The summed E-state index contributed by atoms with van der Waals surface area (Å²) in [5.74, 6) is -0.552. The molecule has 1 aliphatic heterocycles. The van der Waals surface area contributed by atoms with Crippen molar-refractivity contribution in [3.63, 3.8) is 0 Å². The molecular weight excluding hydrogens is 424 g/mol. The normalized spacial score (nSPS) is 21.4. The Labute approximate surface area is 191 Å². The minimum absolute atomic E-state index is 0.0275. The molecule has 1 aliphatic carbocycles. The van der Waals surface area contributed by atoms with Crippen LogP contribution in [-0.4, -0.2) is 13.2 Å². The summed E-state index contributed by atoms with van der Waals surface area (Å²) < 4.78 is 11.8. The molecule has 0 saturated carbocycles. The Morgan fingerprint density at radius 3 is 2.53 bits per heavy atom. The minimum atomic E-state index is -1.74. The Kier molecular flexibility index (Phi) is 5.89. The van der Waals surface area contributed by atoms with Crippen LogP contribution in [0.5, 0.6) is 5.75 Å². The van der Waals surface area contributed by atoms with E-state index in [4.69, 9.17) is 26.8 Å². The third-order valence-electron chi connectivity index (χ3n) is 6.03. The van der Waals surface area contributed by atoms with Gasteiger partial charge in [0, 0.05) is 28.0 Å². The van der Waals surface area contributed by atoms with Gasteiger partial charge in [0.05, 0.1) is 36.6 Å². The molecule has 158 valence electrons. The highest BCUT2D eigenvalue weighted by Gasteiger charge is 2.54. The van der Waals surface area contributed by atoms with E-state index in [9.17, 15) is 15.8 Å². The highest BCUT2D eigenvalue weighted by Crippen LogP contribution is 2.55. The monoisotopic (exact) mass is 442 g/mol. The predicted molar refractivity (Wildman–Crippen MR) is 118 cm³/mol. The fraction of sp³-hybridized carbons (Fsp3) is 0.240. The van der Waals surface area contributed by atoms with Gasteiger partial charge in [-0.15, -0.1) is 0 Å². The summed E-state index contributed by atoms with van der Waals surface area (Å²) in [5, 5.41) is 30.7. The number of hydrogen-bond acceptors (Lipinski definition) is 6. The zero-order valence-corrected chi connectivity index (χ0v) is 17.8. The number of hydrogen-bond donors (Lipinski definition) is 1. The van der Waals surface area contributed by atoms with Gasteiger partial charge in [-0.25, -0.2) is 0 Å². The van der Waals surface area contributed by atoms with Gasteiger partial charge in [0.1, 0.15) is 18.4 Å². The fourth-order valence-corrected chi connectivity index (χ4v) is 4.66. The number of fused-ring (bicyclic) bond motifs is 1. The van der Waals surface area contributed by atoms with Crippen molar-refractivity contribution in [1.82, 2.24) is 0 Å². The second-order valence-corrected chi connectivity index (χ2v) is 8.04. The van der Waals surface area contributed by atoms with Crippen LogP contribution in [0.25, 0.3) is 0 Å². The zero-order chi connectivity index (χ0) is 22.7. The van der Waals surface area contributed by atoms with Gasteiger partial charge < -0.3 is 15.2 Å². The summed E-state index contributed by atoms with van der Waals surface area (Å²) >= 11 is 6.27. The second kappa shape index (κ2) is 8.77. The lowest BCUT2D eigenvalue weighted by atomic mass is 9.58. The maximum absolute atomic E-state index is 10.2. The van der Waals surface area contributed by atoms with E-state index < -0.39 is 17.3 Å². The van der Waals surface area contributed by atoms with Crippen molar-refractivity contribution in [3.8, 4) is 24.0 Å². The van der Waals surface area contributed by atoms with Crippen LogP contribution in [0.3, 0.4) is 0 Å². The Morgan fingerprint density at radius 1 is 1.09 bits per heavy atom. The van der Waals surface area contributed by atoms with Gasteiger partial charge in [-0.2, -0.15) is 15.8 Å². The first-order valence-electron chi connectivity index (χ1n) is 10.0. The summed E-state index contributed by atoms with van der Waals surface area (Å²) in [6.45, 7) is 0.820. The van der Waals surface area contributed by atoms with E-state index in [1.165, 1.54) is 0 Å². The van der Waals surface area contributed by atoms with Gasteiger partial charge >= 0.3 is 0 Å². The molecule has 32 heavy (non-hydrogen) atoms. The summed E-state index contributed by atoms with van der Waals surface area (Å²) in [7, 11) is 0. The van der Waals surface area contributed by atoms with E-state index in [0.29, 0.717) is 28.5 Å². The summed E-state index contributed by atoms with van der Waals surface area (Å²) in [6, 6.07) is 21.0. The number of benzene rings is 2. The Balaban J connectivity index is 1.84. The molecule has 4 rings (SSSR count). The van der Waals surface area contributed by atoms with Crippen LogP contribution in [0.1, 0.15) is 17.0 Å². The Bertz CT molecular complexity index is 1230. The lowest BCUT2D eigenvalue weighted by molar-refractivity contribution is 0.0970. The molecule has 2 aromatic carbocycles. The molecule has 2 aromatic rings. The van der Waals surface area contributed by atoms with Crippen LogP contribution >= 0.6 is 11.6 Å². The first-order valence-corrected chi connectivity index (χ1v) is 10.4. The molecular formula is C25H19ClN4O2. The standard InChI is InChI=1S/C25H19ClN4O2/c26-21-7-3-1-5-16(21)12-32-22-8-4-2-6-18(22)23-20-13-31-10-9-17(20)19(11-27)24(30)25(23,14-28)15-29/h1-9,20,23H,10,12-13,30H2/t20-,23+/m0/s1. The van der Waals surface area contributed by atoms with Gasteiger partial charge in [-0.3, -0.25) is 0 Å². The number of ether oxygens (including phenoxy) is 2. The number of rotatable bonds is 4. The van der Waals surface area contributed by atoms with Crippen LogP contribution in [0, 0.1) is 45.3 Å².